The van der Waals surface area contributed by atoms with Crippen molar-refractivity contribution in [3.8, 4) is 11.3 Å². The highest BCUT2D eigenvalue weighted by atomic mass is 16.5. The van der Waals surface area contributed by atoms with E-state index in [-0.39, 0.29) is 11.9 Å². The van der Waals surface area contributed by atoms with Crippen LogP contribution in [0.15, 0.2) is 29.2 Å². The van der Waals surface area contributed by atoms with E-state index >= 15 is 0 Å². The summed E-state index contributed by atoms with van der Waals surface area (Å²) >= 11 is 0. The molecule has 25 heavy (non-hydrogen) atoms. The largest absolute Gasteiger partial charge is 0.472 e. The number of amides is 1. The van der Waals surface area contributed by atoms with Crippen molar-refractivity contribution in [2.75, 3.05) is 32.8 Å². The Bertz CT molecular complexity index is 734. The summed E-state index contributed by atoms with van der Waals surface area (Å²) in [6, 6.07) is 2.42. The topological polar surface area (TPSA) is 63.7 Å². The summed E-state index contributed by atoms with van der Waals surface area (Å²) in [5.74, 6) is 0.0487. The molecule has 0 radical (unpaired) electrons. The van der Waals surface area contributed by atoms with Crippen molar-refractivity contribution in [1.82, 2.24) is 19.6 Å². The molecule has 4 heterocycles. The predicted molar refractivity (Wildman–Crippen MR) is 92.2 cm³/mol. The lowest BCUT2D eigenvalue weighted by Crippen LogP contribution is -2.49. The molecule has 2 saturated heterocycles. The standard InChI is InChI=1S/C18H24N4O3/c1-13-16(21-6-9-24-10-7-21)3-5-22(13)18(23)15-11-20(2)19-17(15)14-4-8-25-12-14/h4,8,11-13,16H,3,5-7,9-10H2,1-2H3/t13-,16-/m1/s1. The number of ether oxygens (including phenoxy) is 1. The van der Waals surface area contributed by atoms with Crippen LogP contribution in [0.5, 0.6) is 0 Å². The van der Waals surface area contributed by atoms with Crippen LogP contribution in [-0.2, 0) is 11.8 Å². The van der Waals surface area contributed by atoms with E-state index in [1.165, 1.54) is 0 Å². The fourth-order valence-electron chi connectivity index (χ4n) is 4.02. The quantitative estimate of drug-likeness (QED) is 0.847. The van der Waals surface area contributed by atoms with Crippen molar-refractivity contribution in [1.29, 1.82) is 0 Å². The molecule has 0 aliphatic carbocycles. The van der Waals surface area contributed by atoms with Gasteiger partial charge in [-0.3, -0.25) is 14.4 Å². The second-order valence-electron chi connectivity index (χ2n) is 6.82. The SMILES string of the molecule is C[C@@H]1[C@H](N2CCOCC2)CCN1C(=O)c1cn(C)nc1-c1ccoc1. The van der Waals surface area contributed by atoms with Gasteiger partial charge in [0.2, 0.25) is 0 Å². The fraction of sp³-hybridized carbons (Fsp3) is 0.556. The summed E-state index contributed by atoms with van der Waals surface area (Å²) in [7, 11) is 1.84. The van der Waals surface area contributed by atoms with Gasteiger partial charge >= 0.3 is 0 Å². The highest BCUT2D eigenvalue weighted by Crippen LogP contribution is 2.29. The number of aryl methyl sites for hydroxylation is 1. The van der Waals surface area contributed by atoms with Crippen LogP contribution in [0.1, 0.15) is 23.7 Å². The van der Waals surface area contributed by atoms with Gasteiger partial charge in [-0.1, -0.05) is 0 Å². The molecule has 2 aliphatic heterocycles. The van der Waals surface area contributed by atoms with Crippen molar-refractivity contribution >= 4 is 5.91 Å². The van der Waals surface area contributed by atoms with Gasteiger partial charge in [0.15, 0.2) is 0 Å². The lowest BCUT2D eigenvalue weighted by atomic mass is 10.1. The molecule has 2 aromatic rings. The van der Waals surface area contributed by atoms with Crippen LogP contribution < -0.4 is 0 Å². The van der Waals surface area contributed by atoms with E-state index in [4.69, 9.17) is 9.15 Å². The Balaban J connectivity index is 1.56. The molecule has 2 aliphatic rings. The molecule has 2 aromatic heterocycles. The molecule has 7 heteroatoms. The Morgan fingerprint density at radius 3 is 2.80 bits per heavy atom. The van der Waals surface area contributed by atoms with E-state index in [1.807, 2.05) is 18.0 Å². The van der Waals surface area contributed by atoms with Crippen LogP contribution in [0.25, 0.3) is 11.3 Å². The number of rotatable bonds is 3. The molecule has 134 valence electrons. The monoisotopic (exact) mass is 344 g/mol. The first-order chi connectivity index (χ1) is 12.1. The number of likely N-dealkylation sites (tertiary alicyclic amines) is 1. The number of nitrogens with zero attached hydrogens (tertiary/aromatic N) is 4. The van der Waals surface area contributed by atoms with Crippen LogP contribution in [0.4, 0.5) is 0 Å². The normalized spacial score (nSPS) is 24.8. The zero-order valence-corrected chi connectivity index (χ0v) is 14.7. The Labute approximate surface area is 147 Å². The number of carbonyl (C=O) groups is 1. The highest BCUT2D eigenvalue weighted by molar-refractivity contribution is 6.00. The third-order valence-electron chi connectivity index (χ3n) is 5.34. The molecule has 0 saturated carbocycles. The average molecular weight is 344 g/mol. The van der Waals surface area contributed by atoms with Gasteiger partial charge in [0, 0.05) is 50.5 Å². The van der Waals surface area contributed by atoms with Crippen molar-refractivity contribution in [2.24, 2.45) is 7.05 Å². The number of carbonyl (C=O) groups excluding carboxylic acids is 1. The molecule has 0 spiro atoms. The molecule has 7 nitrogen and oxygen atoms in total. The zero-order valence-electron chi connectivity index (χ0n) is 14.7. The van der Waals surface area contributed by atoms with E-state index in [9.17, 15) is 4.79 Å². The summed E-state index contributed by atoms with van der Waals surface area (Å²) in [5.41, 5.74) is 2.15. The maximum atomic E-state index is 13.2. The molecule has 2 atom stereocenters. The van der Waals surface area contributed by atoms with Crippen LogP contribution >= 0.6 is 0 Å². The second kappa shape index (κ2) is 6.65. The molecular weight excluding hydrogens is 320 g/mol. The molecule has 0 unspecified atom stereocenters. The Morgan fingerprint density at radius 2 is 2.08 bits per heavy atom. The third kappa shape index (κ3) is 2.98. The first kappa shape index (κ1) is 16.4. The molecule has 4 rings (SSSR count). The van der Waals surface area contributed by atoms with Gasteiger partial charge in [0.25, 0.3) is 5.91 Å². The predicted octanol–water partition coefficient (Wildman–Crippen LogP) is 1.62. The smallest absolute Gasteiger partial charge is 0.257 e. The average Bonchev–Trinajstić information content (AvgIpc) is 3.34. The zero-order chi connectivity index (χ0) is 17.4. The van der Waals surface area contributed by atoms with Crippen molar-refractivity contribution in [3.05, 3.63) is 30.4 Å². The van der Waals surface area contributed by atoms with Gasteiger partial charge in [0.05, 0.1) is 31.3 Å². The maximum Gasteiger partial charge on any atom is 0.257 e. The van der Waals surface area contributed by atoms with Gasteiger partial charge in [0.1, 0.15) is 5.69 Å². The van der Waals surface area contributed by atoms with Crippen LogP contribution in [0.2, 0.25) is 0 Å². The van der Waals surface area contributed by atoms with Crippen molar-refractivity contribution < 1.29 is 13.9 Å². The lowest BCUT2D eigenvalue weighted by Gasteiger charge is -2.35. The number of furan rings is 1. The Morgan fingerprint density at radius 1 is 1.28 bits per heavy atom. The summed E-state index contributed by atoms with van der Waals surface area (Å²) < 4.78 is 12.3. The second-order valence-corrected chi connectivity index (χ2v) is 6.82. The fourth-order valence-corrected chi connectivity index (χ4v) is 4.02. The van der Waals surface area contributed by atoms with Gasteiger partial charge in [-0.05, 0) is 19.4 Å². The molecule has 1 amide bonds. The number of hydrogen-bond acceptors (Lipinski definition) is 5. The first-order valence-corrected chi connectivity index (χ1v) is 8.84. The molecule has 0 N–H and O–H groups in total. The molecule has 0 aromatic carbocycles. The third-order valence-corrected chi connectivity index (χ3v) is 5.34. The van der Waals surface area contributed by atoms with E-state index in [0.717, 1.165) is 44.8 Å². The van der Waals surface area contributed by atoms with Gasteiger partial charge in [-0.2, -0.15) is 5.10 Å². The minimum Gasteiger partial charge on any atom is -0.472 e. The number of hydrogen-bond donors (Lipinski definition) is 0. The van der Waals surface area contributed by atoms with Gasteiger partial charge in [-0.15, -0.1) is 0 Å². The van der Waals surface area contributed by atoms with E-state index < -0.39 is 0 Å². The minimum absolute atomic E-state index is 0.0487. The summed E-state index contributed by atoms with van der Waals surface area (Å²) in [6.45, 7) is 6.39. The maximum absolute atomic E-state index is 13.2. The molecule has 2 fully saturated rings. The lowest BCUT2D eigenvalue weighted by molar-refractivity contribution is 0.0104. The number of morpholine rings is 1. The van der Waals surface area contributed by atoms with E-state index in [0.29, 0.717) is 17.3 Å². The summed E-state index contributed by atoms with van der Waals surface area (Å²) in [5, 5.41) is 4.46. The van der Waals surface area contributed by atoms with Crippen LogP contribution in [0, 0.1) is 0 Å². The van der Waals surface area contributed by atoms with E-state index in [1.54, 1.807) is 23.4 Å². The number of aromatic nitrogens is 2. The summed E-state index contributed by atoms with van der Waals surface area (Å²) in [6.07, 6.45) is 6.04. The van der Waals surface area contributed by atoms with Crippen LogP contribution in [0.3, 0.4) is 0 Å². The van der Waals surface area contributed by atoms with Gasteiger partial charge < -0.3 is 14.1 Å². The minimum atomic E-state index is 0.0487. The Kier molecular flexibility index (Phi) is 4.35. The first-order valence-electron chi connectivity index (χ1n) is 8.84. The van der Waals surface area contributed by atoms with Gasteiger partial charge in [-0.25, -0.2) is 0 Å². The molecular formula is C18H24N4O3. The summed E-state index contributed by atoms with van der Waals surface area (Å²) in [4.78, 5) is 17.7. The van der Waals surface area contributed by atoms with Crippen LogP contribution in [-0.4, -0.2) is 70.4 Å². The van der Waals surface area contributed by atoms with Crippen molar-refractivity contribution in [3.63, 3.8) is 0 Å². The highest BCUT2D eigenvalue weighted by Gasteiger charge is 2.39. The Hall–Kier alpha value is -2.12. The van der Waals surface area contributed by atoms with E-state index in [2.05, 4.69) is 16.9 Å². The van der Waals surface area contributed by atoms with Crippen molar-refractivity contribution in [2.45, 2.75) is 25.4 Å². The molecule has 0 bridgehead atoms.